The van der Waals surface area contributed by atoms with Crippen LogP contribution in [0.2, 0.25) is 0 Å². The summed E-state index contributed by atoms with van der Waals surface area (Å²) in [5.74, 6) is 0. The van der Waals surface area contributed by atoms with E-state index in [1.807, 2.05) is 0 Å². The van der Waals surface area contributed by atoms with E-state index in [1.54, 1.807) is 0 Å². The lowest BCUT2D eigenvalue weighted by Crippen LogP contribution is -2.29. The largest absolute Gasteiger partial charge is 0.374 e. The van der Waals surface area contributed by atoms with Crippen molar-refractivity contribution in [2.24, 2.45) is 0 Å². The van der Waals surface area contributed by atoms with Gasteiger partial charge in [-0.25, -0.2) is 0 Å². The van der Waals surface area contributed by atoms with Gasteiger partial charge in [0.15, 0.2) is 0 Å². The molecule has 1 unspecified atom stereocenters. The van der Waals surface area contributed by atoms with E-state index in [9.17, 15) is 0 Å². The Morgan fingerprint density at radius 3 is 2.36 bits per heavy atom. The molecule has 0 amide bonds. The first kappa shape index (κ1) is 8.38. The van der Waals surface area contributed by atoms with Gasteiger partial charge in [0, 0.05) is 19.3 Å². The summed E-state index contributed by atoms with van der Waals surface area (Å²) in [7, 11) is 2.13. The van der Waals surface area contributed by atoms with Crippen LogP contribution in [-0.4, -0.2) is 18.0 Å². The molecule has 0 saturated heterocycles. The van der Waals surface area contributed by atoms with Crippen molar-refractivity contribution in [3.8, 4) is 0 Å². The van der Waals surface area contributed by atoms with Gasteiger partial charge in [0.25, 0.3) is 0 Å². The zero-order valence-electron chi connectivity index (χ0n) is 8.10. The molecule has 1 aliphatic rings. The molecular weight excluding hydrogens is 134 g/mol. The van der Waals surface area contributed by atoms with E-state index in [0.717, 1.165) is 0 Å². The summed E-state index contributed by atoms with van der Waals surface area (Å²) in [4.78, 5) is 2.26. The summed E-state index contributed by atoms with van der Waals surface area (Å²) in [6, 6.07) is 0.568. The summed E-state index contributed by atoms with van der Waals surface area (Å²) in [5, 5.41) is 0. The quantitative estimate of drug-likeness (QED) is 0.514. The third-order valence-electron chi connectivity index (χ3n) is 2.82. The monoisotopic (exact) mass is 151 g/mol. The molecule has 0 spiro atoms. The second kappa shape index (κ2) is 2.72. The Labute approximate surface area is 69.4 Å². The van der Waals surface area contributed by atoms with Crippen LogP contribution in [-0.2, 0) is 0 Å². The molecule has 1 atom stereocenters. The molecule has 0 aromatic rings. The molecule has 0 saturated carbocycles. The van der Waals surface area contributed by atoms with E-state index in [4.69, 9.17) is 0 Å². The van der Waals surface area contributed by atoms with E-state index in [1.165, 1.54) is 16.7 Å². The zero-order valence-corrected chi connectivity index (χ0v) is 8.10. The first-order chi connectivity index (χ1) is 5.04. The van der Waals surface area contributed by atoms with Crippen molar-refractivity contribution in [2.75, 3.05) is 7.05 Å². The number of hydrogen-bond donors (Lipinski definition) is 0. The van der Waals surface area contributed by atoms with Crippen LogP contribution in [0.5, 0.6) is 0 Å². The third-order valence-corrected chi connectivity index (χ3v) is 2.82. The van der Waals surface area contributed by atoms with Gasteiger partial charge in [-0.05, 0) is 44.4 Å². The SMILES string of the molecule is CC1=CN(C)C(C)C(C)=C1C. The van der Waals surface area contributed by atoms with Crippen molar-refractivity contribution in [3.63, 3.8) is 0 Å². The minimum atomic E-state index is 0.568. The highest BCUT2D eigenvalue weighted by Crippen LogP contribution is 2.24. The molecule has 1 heterocycles. The minimum Gasteiger partial charge on any atom is -0.374 e. The lowest BCUT2D eigenvalue weighted by molar-refractivity contribution is 0.380. The predicted molar refractivity (Wildman–Crippen MR) is 49.4 cm³/mol. The molecule has 1 heteroatoms. The van der Waals surface area contributed by atoms with E-state index in [2.05, 4.69) is 45.8 Å². The standard InChI is InChI=1S/C10H17N/c1-7-6-11(5)10(4)9(3)8(7)2/h6,10H,1-5H3. The Bertz CT molecular complexity index is 223. The van der Waals surface area contributed by atoms with Gasteiger partial charge in [-0.2, -0.15) is 0 Å². The van der Waals surface area contributed by atoms with Crippen LogP contribution < -0.4 is 0 Å². The van der Waals surface area contributed by atoms with Gasteiger partial charge < -0.3 is 4.90 Å². The highest BCUT2D eigenvalue weighted by atomic mass is 15.1. The van der Waals surface area contributed by atoms with Crippen molar-refractivity contribution in [2.45, 2.75) is 33.7 Å². The van der Waals surface area contributed by atoms with Crippen LogP contribution in [0.1, 0.15) is 27.7 Å². The average Bonchev–Trinajstić information content (AvgIpc) is 1.97. The van der Waals surface area contributed by atoms with Crippen LogP contribution in [0.4, 0.5) is 0 Å². The van der Waals surface area contributed by atoms with E-state index in [0.29, 0.717) is 6.04 Å². The molecular formula is C10H17N. The summed E-state index contributed by atoms with van der Waals surface area (Å²) < 4.78 is 0. The normalized spacial score (nSPS) is 25.7. The Hall–Kier alpha value is -0.720. The van der Waals surface area contributed by atoms with Crippen molar-refractivity contribution in [1.82, 2.24) is 4.90 Å². The highest BCUT2D eigenvalue weighted by molar-refractivity contribution is 5.36. The van der Waals surface area contributed by atoms with Crippen LogP contribution in [0.3, 0.4) is 0 Å². The van der Waals surface area contributed by atoms with Crippen molar-refractivity contribution >= 4 is 0 Å². The van der Waals surface area contributed by atoms with E-state index < -0.39 is 0 Å². The third kappa shape index (κ3) is 1.32. The van der Waals surface area contributed by atoms with Gasteiger partial charge in [0.05, 0.1) is 0 Å². The first-order valence-corrected chi connectivity index (χ1v) is 4.12. The van der Waals surface area contributed by atoms with Crippen molar-refractivity contribution < 1.29 is 0 Å². The molecule has 1 rings (SSSR count). The number of likely N-dealkylation sites (N-methyl/N-ethyl adjacent to an activating group) is 1. The second-order valence-electron chi connectivity index (χ2n) is 3.46. The van der Waals surface area contributed by atoms with Gasteiger partial charge in [-0.1, -0.05) is 0 Å². The number of allylic oxidation sites excluding steroid dienone is 2. The molecule has 1 nitrogen and oxygen atoms in total. The van der Waals surface area contributed by atoms with E-state index in [-0.39, 0.29) is 0 Å². The second-order valence-corrected chi connectivity index (χ2v) is 3.46. The molecule has 1 aliphatic heterocycles. The lowest BCUT2D eigenvalue weighted by Gasteiger charge is -2.31. The predicted octanol–water partition coefficient (Wildman–Crippen LogP) is 2.56. The van der Waals surface area contributed by atoms with E-state index >= 15 is 0 Å². The van der Waals surface area contributed by atoms with Crippen LogP contribution in [0.25, 0.3) is 0 Å². The lowest BCUT2D eigenvalue weighted by atomic mass is 9.95. The maximum Gasteiger partial charge on any atom is 0.0468 e. The van der Waals surface area contributed by atoms with Crippen LogP contribution in [0, 0.1) is 0 Å². The van der Waals surface area contributed by atoms with Gasteiger partial charge in [0.1, 0.15) is 0 Å². The van der Waals surface area contributed by atoms with Crippen molar-refractivity contribution in [3.05, 3.63) is 22.9 Å². The smallest absolute Gasteiger partial charge is 0.0468 e. The number of hydrogen-bond acceptors (Lipinski definition) is 1. The fourth-order valence-electron chi connectivity index (χ4n) is 1.44. The van der Waals surface area contributed by atoms with Gasteiger partial charge in [0.2, 0.25) is 0 Å². The molecule has 0 aromatic carbocycles. The molecule has 0 radical (unpaired) electrons. The maximum atomic E-state index is 2.26. The Kier molecular flexibility index (Phi) is 2.08. The molecule has 11 heavy (non-hydrogen) atoms. The number of rotatable bonds is 0. The van der Waals surface area contributed by atoms with Gasteiger partial charge in [-0.15, -0.1) is 0 Å². The highest BCUT2D eigenvalue weighted by Gasteiger charge is 2.15. The zero-order chi connectivity index (χ0) is 8.59. The Balaban J connectivity index is 3.02. The Morgan fingerprint density at radius 1 is 1.27 bits per heavy atom. The maximum absolute atomic E-state index is 2.26. The number of nitrogens with zero attached hydrogens (tertiary/aromatic N) is 1. The molecule has 0 aromatic heterocycles. The Morgan fingerprint density at radius 2 is 1.82 bits per heavy atom. The molecule has 0 N–H and O–H groups in total. The summed E-state index contributed by atoms with van der Waals surface area (Å²) in [5.41, 5.74) is 4.34. The topological polar surface area (TPSA) is 3.24 Å². The van der Waals surface area contributed by atoms with Crippen molar-refractivity contribution in [1.29, 1.82) is 0 Å². The first-order valence-electron chi connectivity index (χ1n) is 4.12. The molecule has 62 valence electrons. The fraction of sp³-hybridized carbons (Fsp3) is 0.600. The van der Waals surface area contributed by atoms with Gasteiger partial charge >= 0.3 is 0 Å². The summed E-state index contributed by atoms with van der Waals surface area (Å²) in [6.45, 7) is 8.82. The minimum absolute atomic E-state index is 0.568. The summed E-state index contributed by atoms with van der Waals surface area (Å²) >= 11 is 0. The van der Waals surface area contributed by atoms with Gasteiger partial charge in [-0.3, -0.25) is 0 Å². The fourth-order valence-corrected chi connectivity index (χ4v) is 1.44. The summed E-state index contributed by atoms with van der Waals surface area (Å²) in [6.07, 6.45) is 2.22. The molecule has 0 fully saturated rings. The average molecular weight is 151 g/mol. The molecule has 0 aliphatic carbocycles. The molecule has 0 bridgehead atoms. The van der Waals surface area contributed by atoms with Crippen LogP contribution in [0.15, 0.2) is 22.9 Å². The van der Waals surface area contributed by atoms with Crippen LogP contribution >= 0.6 is 0 Å².